The summed E-state index contributed by atoms with van der Waals surface area (Å²) in [7, 11) is 0. The number of nitrogens with one attached hydrogen (secondary N) is 1. The number of hydrogen-bond donors (Lipinski definition) is 1. The number of alkyl halides is 6. The van der Waals surface area contributed by atoms with E-state index in [-0.39, 0.29) is 13.1 Å². The monoisotopic (exact) mass is 453 g/mol. The Morgan fingerprint density at radius 1 is 1.13 bits per heavy atom. The quantitative estimate of drug-likeness (QED) is 0.705. The van der Waals surface area contributed by atoms with Crippen molar-refractivity contribution in [1.29, 1.82) is 0 Å². The van der Waals surface area contributed by atoms with Gasteiger partial charge in [0, 0.05) is 39.3 Å². The number of aryl methyl sites for hydroxylation is 1. The number of carbonyl (C=O) groups excluding carboxylic acids is 1. The highest BCUT2D eigenvalue weighted by molar-refractivity contribution is 5.68. The van der Waals surface area contributed by atoms with E-state index in [4.69, 9.17) is 0 Å². The third-order valence-electron chi connectivity index (χ3n) is 5.64. The molecule has 1 N–H and O–H groups in total. The highest BCUT2D eigenvalue weighted by Gasteiger charge is 2.60. The predicted octanol–water partition coefficient (Wildman–Crippen LogP) is 3.82. The van der Waals surface area contributed by atoms with Crippen molar-refractivity contribution in [2.75, 3.05) is 39.3 Å². The van der Waals surface area contributed by atoms with E-state index < -0.39 is 24.5 Å². The predicted molar refractivity (Wildman–Crippen MR) is 101 cm³/mol. The summed E-state index contributed by atoms with van der Waals surface area (Å²) in [6.07, 6.45) is -16.1. The highest BCUT2D eigenvalue weighted by atomic mass is 19.4. The number of amides is 1. The van der Waals surface area contributed by atoms with Gasteiger partial charge in [-0.25, -0.2) is 4.79 Å². The van der Waals surface area contributed by atoms with Crippen LogP contribution >= 0.6 is 0 Å². The number of nitrogens with zero attached hydrogens (tertiary/aromatic N) is 2. The van der Waals surface area contributed by atoms with Crippen molar-refractivity contribution in [1.82, 2.24) is 15.1 Å². The molecule has 11 heteroatoms. The largest absolute Gasteiger partial charge is 0.434 e. The van der Waals surface area contributed by atoms with Crippen LogP contribution in [0.2, 0.25) is 0 Å². The van der Waals surface area contributed by atoms with E-state index in [2.05, 4.69) is 22.2 Å². The Labute approximate surface area is 176 Å². The van der Waals surface area contributed by atoms with E-state index in [0.29, 0.717) is 25.6 Å². The maximum Gasteiger partial charge on any atom is 0.434 e. The Hall–Kier alpha value is -2.01. The molecule has 0 spiro atoms. The van der Waals surface area contributed by atoms with Crippen molar-refractivity contribution in [2.24, 2.45) is 0 Å². The van der Waals surface area contributed by atoms with Crippen LogP contribution in [0.25, 0.3) is 0 Å². The maximum absolute atomic E-state index is 12.6. The normalized spacial score (nSPS) is 21.0. The third-order valence-corrected chi connectivity index (χ3v) is 5.64. The minimum absolute atomic E-state index is 0.00650. The lowest BCUT2D eigenvalue weighted by atomic mass is 9.91. The summed E-state index contributed by atoms with van der Waals surface area (Å²) in [4.78, 5) is 14.8. The van der Waals surface area contributed by atoms with Crippen LogP contribution in [-0.2, 0) is 11.3 Å². The summed E-state index contributed by atoms with van der Waals surface area (Å²) < 4.78 is 79.5. The summed E-state index contributed by atoms with van der Waals surface area (Å²) in [5.74, 6) is 0.410. The first-order chi connectivity index (χ1) is 14.4. The van der Waals surface area contributed by atoms with Gasteiger partial charge in [0.1, 0.15) is 0 Å². The molecule has 0 aromatic heterocycles. The van der Waals surface area contributed by atoms with Crippen molar-refractivity contribution < 1.29 is 35.9 Å². The molecule has 0 aliphatic carbocycles. The molecule has 2 fully saturated rings. The van der Waals surface area contributed by atoms with Gasteiger partial charge in [0.15, 0.2) is 0 Å². The van der Waals surface area contributed by atoms with Gasteiger partial charge < -0.3 is 15.0 Å². The molecular formula is C20H25F6N3O2. The molecule has 2 aliphatic heterocycles. The van der Waals surface area contributed by atoms with Crippen LogP contribution in [0.1, 0.15) is 29.0 Å². The van der Waals surface area contributed by atoms with Gasteiger partial charge >= 0.3 is 18.4 Å². The molecule has 0 bridgehead atoms. The molecule has 31 heavy (non-hydrogen) atoms. The molecule has 1 aromatic carbocycles. The Balaban J connectivity index is 1.58. The molecule has 1 aromatic rings. The fourth-order valence-electron chi connectivity index (χ4n) is 3.98. The number of carbonyl (C=O) groups is 1. The number of benzene rings is 1. The summed E-state index contributed by atoms with van der Waals surface area (Å²) in [6, 6.07) is 6.24. The van der Waals surface area contributed by atoms with Crippen LogP contribution in [0.4, 0.5) is 31.1 Å². The van der Waals surface area contributed by atoms with E-state index in [1.54, 1.807) is 0 Å². The van der Waals surface area contributed by atoms with Crippen LogP contribution < -0.4 is 5.32 Å². The van der Waals surface area contributed by atoms with Gasteiger partial charge in [0.2, 0.25) is 0 Å². The van der Waals surface area contributed by atoms with Crippen molar-refractivity contribution >= 4 is 6.09 Å². The second kappa shape index (κ2) is 9.23. The van der Waals surface area contributed by atoms with Crippen LogP contribution in [-0.4, -0.2) is 73.6 Å². The minimum atomic E-state index is -5.72. The molecule has 1 unspecified atom stereocenters. The third kappa shape index (κ3) is 6.03. The molecule has 2 aliphatic rings. The van der Waals surface area contributed by atoms with E-state index >= 15 is 0 Å². The standard InChI is InChI=1S/C20H25F6N3O2/c1-13-2-3-15(16(10-13)14-4-5-27-11-14)12-28-6-8-29(9-7-28)18(30)31-17(19(21,22)23)20(24,25)26/h2-3,10,14,17,27H,4-9,11-12H2,1H3. The van der Waals surface area contributed by atoms with E-state index in [1.807, 2.05) is 17.9 Å². The Bertz CT molecular complexity index is 755. The topological polar surface area (TPSA) is 44.8 Å². The fraction of sp³-hybridized carbons (Fsp3) is 0.650. The molecule has 1 atom stereocenters. The molecule has 0 saturated carbocycles. The van der Waals surface area contributed by atoms with E-state index in [9.17, 15) is 31.1 Å². The van der Waals surface area contributed by atoms with Gasteiger partial charge in [-0.15, -0.1) is 0 Å². The highest BCUT2D eigenvalue weighted by Crippen LogP contribution is 2.36. The number of hydrogen-bond acceptors (Lipinski definition) is 4. The van der Waals surface area contributed by atoms with Gasteiger partial charge in [-0.3, -0.25) is 4.90 Å². The molecular weight excluding hydrogens is 428 g/mol. The van der Waals surface area contributed by atoms with Crippen LogP contribution in [0, 0.1) is 6.92 Å². The lowest BCUT2D eigenvalue weighted by Gasteiger charge is -2.35. The molecule has 0 radical (unpaired) electrons. The molecule has 2 saturated heterocycles. The summed E-state index contributed by atoms with van der Waals surface area (Å²) in [5, 5.41) is 3.34. The lowest BCUT2D eigenvalue weighted by molar-refractivity contribution is -0.308. The lowest BCUT2D eigenvalue weighted by Crippen LogP contribution is -2.52. The van der Waals surface area contributed by atoms with Gasteiger partial charge in [-0.2, -0.15) is 26.3 Å². The number of halogens is 6. The smallest absolute Gasteiger partial charge is 0.426 e. The Kier molecular flexibility index (Phi) is 7.04. The minimum Gasteiger partial charge on any atom is -0.426 e. The SMILES string of the molecule is Cc1ccc(CN2CCN(C(=O)OC(C(F)(F)F)C(F)(F)F)CC2)c(C2CCNC2)c1. The van der Waals surface area contributed by atoms with Crippen molar-refractivity contribution in [2.45, 2.75) is 44.3 Å². The number of rotatable bonds is 4. The second-order valence-electron chi connectivity index (χ2n) is 8.00. The number of ether oxygens (including phenoxy) is 1. The van der Waals surface area contributed by atoms with Gasteiger partial charge in [0.05, 0.1) is 0 Å². The molecule has 1 amide bonds. The van der Waals surface area contributed by atoms with Gasteiger partial charge in [-0.1, -0.05) is 23.8 Å². The first-order valence-electron chi connectivity index (χ1n) is 10.1. The van der Waals surface area contributed by atoms with Crippen LogP contribution in [0.5, 0.6) is 0 Å². The maximum atomic E-state index is 12.6. The molecule has 3 rings (SSSR count). The summed E-state index contributed by atoms with van der Waals surface area (Å²) in [5.41, 5.74) is 3.55. The Morgan fingerprint density at radius 3 is 2.32 bits per heavy atom. The zero-order valence-electron chi connectivity index (χ0n) is 17.0. The molecule has 2 heterocycles. The summed E-state index contributed by atoms with van der Waals surface area (Å²) in [6.45, 7) is 5.12. The van der Waals surface area contributed by atoms with Crippen LogP contribution in [0.3, 0.4) is 0 Å². The molecule has 174 valence electrons. The van der Waals surface area contributed by atoms with Gasteiger partial charge in [-0.05, 0) is 36.9 Å². The average Bonchev–Trinajstić information content (AvgIpc) is 3.20. The van der Waals surface area contributed by atoms with Crippen molar-refractivity contribution in [3.05, 3.63) is 34.9 Å². The first kappa shape index (κ1) is 23.6. The van der Waals surface area contributed by atoms with Crippen molar-refractivity contribution in [3.63, 3.8) is 0 Å². The number of piperazine rings is 1. The second-order valence-corrected chi connectivity index (χ2v) is 8.00. The Morgan fingerprint density at radius 2 is 1.77 bits per heavy atom. The summed E-state index contributed by atoms with van der Waals surface area (Å²) >= 11 is 0. The average molecular weight is 453 g/mol. The van der Waals surface area contributed by atoms with Crippen molar-refractivity contribution in [3.8, 4) is 0 Å². The van der Waals surface area contributed by atoms with E-state index in [0.717, 1.165) is 35.5 Å². The zero-order chi connectivity index (χ0) is 22.8. The molecule has 5 nitrogen and oxygen atoms in total. The first-order valence-corrected chi connectivity index (χ1v) is 10.1. The fourth-order valence-corrected chi connectivity index (χ4v) is 3.98. The van der Waals surface area contributed by atoms with E-state index in [1.165, 1.54) is 5.56 Å². The van der Waals surface area contributed by atoms with Crippen LogP contribution in [0.15, 0.2) is 18.2 Å². The zero-order valence-corrected chi connectivity index (χ0v) is 17.0. The van der Waals surface area contributed by atoms with Gasteiger partial charge in [0.25, 0.3) is 6.10 Å².